The summed E-state index contributed by atoms with van der Waals surface area (Å²) in [7, 11) is 0. The Bertz CT molecular complexity index is 321. The molecule has 0 radical (unpaired) electrons. The third-order valence-electron chi connectivity index (χ3n) is 1.48. The van der Waals surface area contributed by atoms with E-state index in [1.165, 1.54) is 6.20 Å². The lowest BCUT2D eigenvalue weighted by Crippen LogP contribution is -2.23. The highest BCUT2D eigenvalue weighted by atomic mass is 32.2. The molecule has 1 aromatic rings. The highest BCUT2D eigenvalue weighted by Crippen LogP contribution is 2.09. The predicted molar refractivity (Wildman–Crippen MR) is 48.9 cm³/mol. The van der Waals surface area contributed by atoms with Crippen LogP contribution < -0.4 is 10.8 Å². The van der Waals surface area contributed by atoms with Crippen LogP contribution in [0.4, 0.5) is 0 Å². The van der Waals surface area contributed by atoms with Crippen molar-refractivity contribution in [2.45, 2.75) is 24.8 Å². The summed E-state index contributed by atoms with van der Waals surface area (Å²) in [5, 5.41) is 5.33. The summed E-state index contributed by atoms with van der Waals surface area (Å²) in [6.45, 7) is 3.85. The normalized spacial score (nSPS) is 10.7. The molecule has 0 aliphatic heterocycles. The first-order valence-corrected chi connectivity index (χ1v) is 4.48. The molecule has 0 saturated carbocycles. The molecule has 0 aliphatic carbocycles. The molecular weight excluding hydrogens is 174 g/mol. The van der Waals surface area contributed by atoms with Crippen LogP contribution in [0.5, 0.6) is 0 Å². The monoisotopic (exact) mass is 185 g/mol. The maximum Gasteiger partial charge on any atom is 0.347 e. The van der Waals surface area contributed by atoms with E-state index in [-0.39, 0.29) is 11.7 Å². The van der Waals surface area contributed by atoms with E-state index in [0.717, 1.165) is 16.8 Å². The molecule has 5 heteroatoms. The summed E-state index contributed by atoms with van der Waals surface area (Å²) in [5.41, 5.74) is -0.234. The van der Waals surface area contributed by atoms with E-state index < -0.39 is 0 Å². The van der Waals surface area contributed by atoms with E-state index in [4.69, 9.17) is 5.14 Å². The van der Waals surface area contributed by atoms with E-state index in [1.807, 2.05) is 13.8 Å². The van der Waals surface area contributed by atoms with Gasteiger partial charge in [0.15, 0.2) is 0 Å². The van der Waals surface area contributed by atoms with Gasteiger partial charge in [-0.2, -0.15) is 0 Å². The third kappa shape index (κ3) is 1.86. The van der Waals surface area contributed by atoms with Gasteiger partial charge in [0, 0.05) is 18.4 Å². The average Bonchev–Trinajstić information content (AvgIpc) is 2.05. The largest absolute Gasteiger partial charge is 0.347 e. The lowest BCUT2D eigenvalue weighted by Gasteiger charge is -2.08. The van der Waals surface area contributed by atoms with Crippen molar-refractivity contribution in [1.82, 2.24) is 9.55 Å². The molecule has 0 aliphatic rings. The van der Waals surface area contributed by atoms with Crippen molar-refractivity contribution < 1.29 is 0 Å². The lowest BCUT2D eigenvalue weighted by molar-refractivity contribution is 0.556. The molecule has 0 spiro atoms. The summed E-state index contributed by atoms with van der Waals surface area (Å²) < 4.78 is 1.55. The van der Waals surface area contributed by atoms with Crippen LogP contribution >= 0.6 is 11.9 Å². The van der Waals surface area contributed by atoms with Crippen molar-refractivity contribution in [3.8, 4) is 0 Å². The minimum absolute atomic E-state index is 0.122. The minimum Gasteiger partial charge on any atom is -0.296 e. The molecule has 0 atom stereocenters. The van der Waals surface area contributed by atoms with Crippen molar-refractivity contribution in [2.24, 2.45) is 5.14 Å². The van der Waals surface area contributed by atoms with Gasteiger partial charge in [0.05, 0.1) is 4.90 Å². The van der Waals surface area contributed by atoms with Crippen molar-refractivity contribution in [3.05, 3.63) is 22.9 Å². The molecule has 12 heavy (non-hydrogen) atoms. The number of hydrogen-bond acceptors (Lipinski definition) is 4. The molecule has 0 fully saturated rings. The maximum absolute atomic E-state index is 11.1. The zero-order valence-corrected chi connectivity index (χ0v) is 7.84. The van der Waals surface area contributed by atoms with Gasteiger partial charge in [-0.3, -0.25) is 9.71 Å². The van der Waals surface area contributed by atoms with Gasteiger partial charge in [-0.05, 0) is 25.8 Å². The highest BCUT2D eigenvalue weighted by Gasteiger charge is 2.01. The number of hydrogen-bond donors (Lipinski definition) is 1. The maximum atomic E-state index is 11.1. The van der Waals surface area contributed by atoms with Gasteiger partial charge in [-0.15, -0.1) is 0 Å². The number of aromatic nitrogens is 2. The van der Waals surface area contributed by atoms with Crippen LogP contribution in [-0.4, -0.2) is 9.55 Å². The molecule has 0 unspecified atom stereocenters. The zero-order chi connectivity index (χ0) is 9.14. The predicted octanol–water partition coefficient (Wildman–Crippen LogP) is 0.790. The third-order valence-corrected chi connectivity index (χ3v) is 1.96. The fourth-order valence-corrected chi connectivity index (χ4v) is 1.13. The Morgan fingerprint density at radius 2 is 2.33 bits per heavy atom. The molecule has 0 aromatic carbocycles. The second-order valence-corrected chi connectivity index (χ2v) is 3.40. The topological polar surface area (TPSA) is 60.9 Å². The van der Waals surface area contributed by atoms with Gasteiger partial charge in [0.1, 0.15) is 0 Å². The van der Waals surface area contributed by atoms with Crippen molar-refractivity contribution in [1.29, 1.82) is 0 Å². The number of nitrogens with two attached hydrogens (primary N) is 1. The quantitative estimate of drug-likeness (QED) is 0.692. The minimum atomic E-state index is -0.234. The van der Waals surface area contributed by atoms with Crippen LogP contribution in [0.1, 0.15) is 19.9 Å². The van der Waals surface area contributed by atoms with Gasteiger partial charge >= 0.3 is 5.69 Å². The Morgan fingerprint density at radius 1 is 1.67 bits per heavy atom. The Kier molecular flexibility index (Phi) is 2.88. The van der Waals surface area contributed by atoms with Gasteiger partial charge in [-0.25, -0.2) is 9.78 Å². The SMILES string of the molecule is CC(C)n1cc(SN)cnc1=O. The molecular formula is C7H11N3OS. The van der Waals surface area contributed by atoms with Gasteiger partial charge in [0.2, 0.25) is 0 Å². The van der Waals surface area contributed by atoms with Crippen molar-refractivity contribution in [3.63, 3.8) is 0 Å². The van der Waals surface area contributed by atoms with Gasteiger partial charge < -0.3 is 0 Å². The summed E-state index contributed by atoms with van der Waals surface area (Å²) in [5.74, 6) is 0. The summed E-state index contributed by atoms with van der Waals surface area (Å²) in [4.78, 5) is 15.6. The Morgan fingerprint density at radius 3 is 2.83 bits per heavy atom. The van der Waals surface area contributed by atoms with Crippen LogP contribution in [-0.2, 0) is 0 Å². The lowest BCUT2D eigenvalue weighted by atomic mass is 10.4. The second kappa shape index (κ2) is 3.73. The first-order chi connectivity index (χ1) is 5.65. The Hall–Kier alpha value is -0.810. The van der Waals surface area contributed by atoms with E-state index in [2.05, 4.69) is 4.98 Å². The molecule has 66 valence electrons. The number of nitrogens with zero attached hydrogens (tertiary/aromatic N) is 2. The van der Waals surface area contributed by atoms with Gasteiger partial charge in [-0.1, -0.05) is 0 Å². The van der Waals surface area contributed by atoms with E-state index in [9.17, 15) is 4.79 Å². The summed E-state index contributed by atoms with van der Waals surface area (Å²) >= 11 is 1.09. The standard InChI is InChI=1S/C7H11N3OS/c1-5(2)10-4-6(12-8)3-9-7(10)11/h3-5H,8H2,1-2H3. The zero-order valence-electron chi connectivity index (χ0n) is 7.02. The average molecular weight is 185 g/mol. The number of rotatable bonds is 2. The molecule has 1 heterocycles. The van der Waals surface area contributed by atoms with Crippen LogP contribution in [0, 0.1) is 0 Å². The molecule has 0 bridgehead atoms. The van der Waals surface area contributed by atoms with Crippen LogP contribution in [0.2, 0.25) is 0 Å². The smallest absolute Gasteiger partial charge is 0.296 e. The van der Waals surface area contributed by atoms with Crippen LogP contribution in [0.3, 0.4) is 0 Å². The second-order valence-electron chi connectivity index (χ2n) is 2.69. The molecule has 1 rings (SSSR count). The van der Waals surface area contributed by atoms with Gasteiger partial charge in [0.25, 0.3) is 0 Å². The Balaban J connectivity index is 3.17. The summed E-state index contributed by atoms with van der Waals surface area (Å²) in [6.07, 6.45) is 3.19. The van der Waals surface area contributed by atoms with Crippen LogP contribution in [0.25, 0.3) is 0 Å². The van der Waals surface area contributed by atoms with E-state index in [0.29, 0.717) is 0 Å². The molecule has 4 nitrogen and oxygen atoms in total. The molecule has 0 saturated heterocycles. The van der Waals surface area contributed by atoms with Crippen molar-refractivity contribution >= 4 is 11.9 Å². The first kappa shape index (κ1) is 9.28. The molecule has 0 amide bonds. The fourth-order valence-electron chi connectivity index (χ4n) is 0.842. The van der Waals surface area contributed by atoms with Crippen LogP contribution in [0.15, 0.2) is 22.1 Å². The van der Waals surface area contributed by atoms with E-state index in [1.54, 1.807) is 10.8 Å². The van der Waals surface area contributed by atoms with Crippen molar-refractivity contribution in [2.75, 3.05) is 0 Å². The molecule has 1 aromatic heterocycles. The molecule has 2 N–H and O–H groups in total. The van der Waals surface area contributed by atoms with E-state index >= 15 is 0 Å². The first-order valence-electron chi connectivity index (χ1n) is 3.60. The Labute approximate surface area is 74.9 Å². The highest BCUT2D eigenvalue weighted by molar-refractivity contribution is 7.97. The summed E-state index contributed by atoms with van der Waals surface area (Å²) in [6, 6.07) is 0.122. The fraction of sp³-hybridized carbons (Fsp3) is 0.429.